The van der Waals surface area contributed by atoms with Gasteiger partial charge in [0.2, 0.25) is 10.0 Å². The molecule has 2 aliphatic rings. The van der Waals surface area contributed by atoms with Gasteiger partial charge in [0.05, 0.1) is 9.77 Å². The molecule has 2 aliphatic heterocycles. The van der Waals surface area contributed by atoms with Crippen LogP contribution >= 0.6 is 11.3 Å². The topological polar surface area (TPSA) is 57.7 Å². The highest BCUT2D eigenvalue weighted by Gasteiger charge is 2.29. The van der Waals surface area contributed by atoms with Gasteiger partial charge in [-0.2, -0.15) is 4.31 Å². The molecular weight excluding hydrogens is 368 g/mol. The summed E-state index contributed by atoms with van der Waals surface area (Å²) < 4.78 is 27.2. The van der Waals surface area contributed by atoms with Gasteiger partial charge >= 0.3 is 0 Å². The van der Waals surface area contributed by atoms with Gasteiger partial charge in [-0.25, -0.2) is 8.42 Å². The molecule has 0 N–H and O–H groups in total. The summed E-state index contributed by atoms with van der Waals surface area (Å²) in [5, 5.41) is 1.60. The number of carbonyl (C=O) groups excluding carboxylic acids is 1. The number of hydrogen-bond acceptors (Lipinski definition) is 4. The molecule has 26 heavy (non-hydrogen) atoms. The second-order valence-electron chi connectivity index (χ2n) is 6.80. The lowest BCUT2D eigenvalue weighted by Gasteiger charge is -2.29. The smallest absolute Gasteiger partial charge is 0.268 e. The highest BCUT2D eigenvalue weighted by atomic mass is 32.2. The van der Waals surface area contributed by atoms with E-state index >= 15 is 0 Å². The van der Waals surface area contributed by atoms with E-state index in [0.717, 1.165) is 37.8 Å². The van der Waals surface area contributed by atoms with Gasteiger partial charge in [0.25, 0.3) is 5.91 Å². The summed E-state index contributed by atoms with van der Waals surface area (Å²) in [6.45, 7) is 1.81. The highest BCUT2D eigenvalue weighted by molar-refractivity contribution is 7.89. The first kappa shape index (κ1) is 17.7. The minimum atomic E-state index is -3.49. The number of benzene rings is 1. The Labute approximate surface area is 158 Å². The third kappa shape index (κ3) is 3.19. The van der Waals surface area contributed by atoms with Crippen LogP contribution in [0.1, 0.15) is 40.9 Å². The molecule has 1 amide bonds. The molecule has 0 spiro atoms. The molecule has 0 unspecified atom stereocenters. The molecule has 0 radical (unpaired) electrons. The lowest BCUT2D eigenvalue weighted by molar-refractivity contribution is 0.0989. The van der Waals surface area contributed by atoms with E-state index in [1.54, 1.807) is 20.7 Å². The van der Waals surface area contributed by atoms with Gasteiger partial charge in [-0.15, -0.1) is 11.3 Å². The monoisotopic (exact) mass is 390 g/mol. The van der Waals surface area contributed by atoms with Crippen LogP contribution in [0.15, 0.2) is 40.6 Å². The molecular formula is C19H22N2O3S2. The molecule has 0 aliphatic carbocycles. The number of amides is 1. The molecule has 1 saturated heterocycles. The van der Waals surface area contributed by atoms with E-state index in [1.807, 2.05) is 18.2 Å². The minimum Gasteiger partial charge on any atom is -0.307 e. The van der Waals surface area contributed by atoms with E-state index in [4.69, 9.17) is 0 Å². The number of hydrogen-bond donors (Lipinski definition) is 0. The second kappa shape index (κ2) is 7.13. The van der Waals surface area contributed by atoms with E-state index in [-0.39, 0.29) is 10.8 Å². The van der Waals surface area contributed by atoms with Crippen molar-refractivity contribution in [2.75, 3.05) is 24.5 Å². The van der Waals surface area contributed by atoms with Crippen molar-refractivity contribution in [2.24, 2.45) is 0 Å². The Balaban J connectivity index is 1.60. The van der Waals surface area contributed by atoms with Crippen LogP contribution in [-0.2, 0) is 16.4 Å². The Hall–Kier alpha value is -1.70. The van der Waals surface area contributed by atoms with E-state index in [0.29, 0.717) is 24.5 Å². The number of nitrogens with zero attached hydrogens (tertiary/aromatic N) is 2. The van der Waals surface area contributed by atoms with Gasteiger partial charge in [-0.1, -0.05) is 24.6 Å². The fourth-order valence-corrected chi connectivity index (χ4v) is 6.42. The zero-order valence-electron chi connectivity index (χ0n) is 14.6. The fraction of sp³-hybridized carbons (Fsp3) is 0.421. The van der Waals surface area contributed by atoms with E-state index in [9.17, 15) is 13.2 Å². The molecule has 1 aromatic carbocycles. The van der Waals surface area contributed by atoms with Crippen LogP contribution in [-0.4, -0.2) is 38.3 Å². The lowest BCUT2D eigenvalue weighted by atomic mass is 10.0. The molecule has 138 valence electrons. The predicted octanol–water partition coefficient (Wildman–Crippen LogP) is 3.52. The maximum Gasteiger partial charge on any atom is 0.268 e. The number of thiophene rings is 1. The third-order valence-electron chi connectivity index (χ3n) is 5.09. The summed E-state index contributed by atoms with van der Waals surface area (Å²) in [4.78, 5) is 15.5. The first-order valence-corrected chi connectivity index (χ1v) is 11.4. The summed E-state index contributed by atoms with van der Waals surface area (Å²) in [5.74, 6) is -0.109. The van der Waals surface area contributed by atoms with Gasteiger partial charge in [0.1, 0.15) is 0 Å². The average Bonchev–Trinajstić information content (AvgIpc) is 3.19. The average molecular weight is 391 g/mol. The first-order valence-electron chi connectivity index (χ1n) is 9.06. The molecule has 1 fully saturated rings. The van der Waals surface area contributed by atoms with Crippen LogP contribution in [0.5, 0.6) is 0 Å². The molecule has 0 atom stereocenters. The van der Waals surface area contributed by atoms with Crippen molar-refractivity contribution in [1.82, 2.24) is 4.31 Å². The van der Waals surface area contributed by atoms with Crippen LogP contribution in [0.2, 0.25) is 0 Å². The van der Waals surface area contributed by atoms with Gasteiger partial charge in [0, 0.05) is 30.7 Å². The van der Waals surface area contributed by atoms with Crippen LogP contribution < -0.4 is 4.90 Å². The number of rotatable bonds is 3. The number of para-hydroxylation sites is 1. The Morgan fingerprint density at radius 1 is 1.00 bits per heavy atom. The maximum atomic E-state index is 13.0. The van der Waals surface area contributed by atoms with Gasteiger partial charge in [-0.05, 0) is 43.4 Å². The summed E-state index contributed by atoms with van der Waals surface area (Å²) in [6.07, 6.45) is 4.78. The number of sulfonamides is 1. The lowest BCUT2D eigenvalue weighted by Crippen LogP contribution is -2.36. The van der Waals surface area contributed by atoms with Crippen LogP contribution in [0.3, 0.4) is 0 Å². The Bertz CT molecular complexity index is 914. The van der Waals surface area contributed by atoms with Crippen molar-refractivity contribution in [3.63, 3.8) is 0 Å². The number of aryl methyl sites for hydroxylation is 1. The number of fused-ring (bicyclic) bond motifs is 1. The van der Waals surface area contributed by atoms with E-state index in [2.05, 4.69) is 6.07 Å². The van der Waals surface area contributed by atoms with Crippen molar-refractivity contribution in [3.05, 3.63) is 46.2 Å². The van der Waals surface area contributed by atoms with Crippen LogP contribution in [0.25, 0.3) is 0 Å². The molecule has 7 heteroatoms. The molecule has 4 rings (SSSR count). The minimum absolute atomic E-state index is 0.109. The van der Waals surface area contributed by atoms with Crippen molar-refractivity contribution in [2.45, 2.75) is 37.0 Å². The van der Waals surface area contributed by atoms with Crippen molar-refractivity contribution in [1.29, 1.82) is 0 Å². The van der Waals surface area contributed by atoms with Crippen molar-refractivity contribution >= 4 is 33.0 Å². The van der Waals surface area contributed by atoms with Crippen LogP contribution in [0.4, 0.5) is 5.69 Å². The number of piperidine rings is 1. The summed E-state index contributed by atoms with van der Waals surface area (Å²) >= 11 is 1.22. The van der Waals surface area contributed by atoms with Gasteiger partial charge in [0.15, 0.2) is 0 Å². The summed E-state index contributed by atoms with van der Waals surface area (Å²) in [7, 11) is -3.49. The summed E-state index contributed by atoms with van der Waals surface area (Å²) in [5.41, 5.74) is 2.11. The zero-order chi connectivity index (χ0) is 18.1. The maximum absolute atomic E-state index is 13.0. The molecule has 1 aromatic heterocycles. The van der Waals surface area contributed by atoms with Crippen molar-refractivity contribution < 1.29 is 13.2 Å². The molecule has 5 nitrogen and oxygen atoms in total. The molecule has 0 saturated carbocycles. The fourth-order valence-electron chi connectivity index (χ4n) is 3.70. The predicted molar refractivity (Wildman–Crippen MR) is 103 cm³/mol. The Morgan fingerprint density at radius 2 is 1.77 bits per heavy atom. The molecule has 2 aromatic rings. The Kier molecular flexibility index (Phi) is 4.86. The number of carbonyl (C=O) groups is 1. The standard InChI is InChI=1S/C19H22N2O3S2/c22-19(21-12-6-8-15-7-2-3-9-17(15)21)18-13-16(14-25-18)26(23,24)20-10-4-1-5-11-20/h2-3,7,9,13-14H,1,4-6,8,10-12H2. The molecule has 3 heterocycles. The van der Waals surface area contributed by atoms with Gasteiger partial charge < -0.3 is 4.90 Å². The number of anilines is 1. The van der Waals surface area contributed by atoms with E-state index < -0.39 is 10.0 Å². The van der Waals surface area contributed by atoms with Gasteiger partial charge in [-0.3, -0.25) is 4.79 Å². The molecule has 0 bridgehead atoms. The first-order chi connectivity index (χ1) is 12.6. The zero-order valence-corrected chi connectivity index (χ0v) is 16.2. The third-order valence-corrected chi connectivity index (χ3v) is 8.04. The van der Waals surface area contributed by atoms with E-state index in [1.165, 1.54) is 16.9 Å². The SMILES string of the molecule is O=C(c1cc(S(=O)(=O)N2CCCCC2)cs1)N1CCCc2ccccc21. The van der Waals surface area contributed by atoms with Crippen LogP contribution in [0, 0.1) is 0 Å². The largest absolute Gasteiger partial charge is 0.307 e. The normalized spacial score (nSPS) is 18.5. The second-order valence-corrected chi connectivity index (χ2v) is 9.65. The summed E-state index contributed by atoms with van der Waals surface area (Å²) in [6, 6.07) is 9.49. The van der Waals surface area contributed by atoms with Crippen molar-refractivity contribution in [3.8, 4) is 0 Å². The quantitative estimate of drug-likeness (QED) is 0.806. The Morgan fingerprint density at radius 3 is 2.58 bits per heavy atom. The highest BCUT2D eigenvalue weighted by Crippen LogP contribution is 2.31.